The molecule has 2 atom stereocenters. The normalized spacial score (nSPS) is 23.7. The summed E-state index contributed by atoms with van der Waals surface area (Å²) in [6, 6.07) is 4.84. The molecule has 1 aliphatic rings. The Balaban J connectivity index is 2.29. The predicted molar refractivity (Wildman–Crippen MR) is 86.5 cm³/mol. The summed E-state index contributed by atoms with van der Waals surface area (Å²) in [5.74, 6) is 2.86. The van der Waals surface area contributed by atoms with Crippen LogP contribution in [0.1, 0.15) is 38.4 Å². The van der Waals surface area contributed by atoms with Gasteiger partial charge in [-0.05, 0) is 31.0 Å². The number of alkyl halides is 1. The topological polar surface area (TPSA) is 16.1 Å². The summed E-state index contributed by atoms with van der Waals surface area (Å²) in [4.78, 5) is 7.28. The van der Waals surface area contributed by atoms with E-state index in [4.69, 9.17) is 16.6 Å². The van der Waals surface area contributed by atoms with Crippen molar-refractivity contribution in [3.05, 3.63) is 23.4 Å². The summed E-state index contributed by atoms with van der Waals surface area (Å²) in [6.07, 6.45) is 2.16. The van der Waals surface area contributed by atoms with Crippen molar-refractivity contribution < 1.29 is 0 Å². The van der Waals surface area contributed by atoms with Crippen LogP contribution >= 0.6 is 23.4 Å². The van der Waals surface area contributed by atoms with E-state index in [0.29, 0.717) is 17.2 Å². The third-order valence-corrected chi connectivity index (χ3v) is 5.41. The summed E-state index contributed by atoms with van der Waals surface area (Å²) < 4.78 is 0. The maximum absolute atomic E-state index is 6.02. The largest absolute Gasteiger partial charge is 0.352 e. The monoisotopic (exact) mass is 298 g/mol. The minimum atomic E-state index is 0.534. The van der Waals surface area contributed by atoms with Gasteiger partial charge in [0.1, 0.15) is 5.82 Å². The van der Waals surface area contributed by atoms with Gasteiger partial charge in [-0.1, -0.05) is 20.3 Å². The van der Waals surface area contributed by atoms with Crippen LogP contribution in [0.2, 0.25) is 0 Å². The average molecular weight is 299 g/mol. The van der Waals surface area contributed by atoms with Gasteiger partial charge in [-0.2, -0.15) is 11.8 Å². The molecule has 1 aromatic rings. The first kappa shape index (κ1) is 15.0. The van der Waals surface area contributed by atoms with Crippen LogP contribution in [-0.4, -0.2) is 28.6 Å². The number of thioether (sulfide) groups is 1. The van der Waals surface area contributed by atoms with E-state index in [1.54, 1.807) is 0 Å². The van der Waals surface area contributed by atoms with Crippen molar-refractivity contribution >= 4 is 29.2 Å². The van der Waals surface area contributed by atoms with E-state index < -0.39 is 0 Å². The second-order valence-electron chi connectivity index (χ2n) is 5.22. The van der Waals surface area contributed by atoms with E-state index in [9.17, 15) is 0 Å². The molecular weight excluding hydrogens is 276 g/mol. The molecule has 0 aliphatic carbocycles. The number of halogens is 1. The van der Waals surface area contributed by atoms with Crippen molar-refractivity contribution in [2.24, 2.45) is 0 Å². The number of rotatable bonds is 4. The fraction of sp³-hybridized carbons (Fsp3) is 0.667. The number of hydrogen-bond acceptors (Lipinski definition) is 3. The fourth-order valence-corrected chi connectivity index (χ4v) is 3.75. The molecule has 2 rings (SSSR count). The van der Waals surface area contributed by atoms with Crippen molar-refractivity contribution in [1.29, 1.82) is 0 Å². The Morgan fingerprint density at radius 3 is 2.89 bits per heavy atom. The number of pyridine rings is 1. The van der Waals surface area contributed by atoms with E-state index in [-0.39, 0.29) is 0 Å². The molecule has 1 aliphatic heterocycles. The van der Waals surface area contributed by atoms with Gasteiger partial charge in [0.25, 0.3) is 0 Å². The average Bonchev–Trinajstić information content (AvgIpc) is 2.42. The number of nitrogens with zero attached hydrogens (tertiary/aromatic N) is 2. The highest BCUT2D eigenvalue weighted by atomic mass is 35.5. The maximum Gasteiger partial charge on any atom is 0.129 e. The van der Waals surface area contributed by atoms with Crippen LogP contribution < -0.4 is 4.90 Å². The van der Waals surface area contributed by atoms with Crippen LogP contribution in [0.25, 0.3) is 0 Å². The van der Waals surface area contributed by atoms with Gasteiger partial charge >= 0.3 is 0 Å². The molecule has 106 valence electrons. The van der Waals surface area contributed by atoms with Crippen molar-refractivity contribution in [2.45, 2.75) is 50.8 Å². The lowest BCUT2D eigenvalue weighted by atomic mass is 10.1. The molecule has 2 heterocycles. The molecule has 0 saturated carbocycles. The molecular formula is C15H23ClN2S. The van der Waals surface area contributed by atoms with E-state index in [0.717, 1.165) is 25.2 Å². The predicted octanol–water partition coefficient (Wildman–Crippen LogP) is 4.10. The molecule has 1 fully saturated rings. The van der Waals surface area contributed by atoms with E-state index in [2.05, 4.69) is 49.6 Å². The lowest BCUT2D eigenvalue weighted by Gasteiger charge is -2.38. The zero-order valence-corrected chi connectivity index (χ0v) is 13.6. The molecule has 1 aromatic heterocycles. The number of aromatic nitrogens is 1. The molecule has 0 radical (unpaired) electrons. The summed E-state index contributed by atoms with van der Waals surface area (Å²) in [6.45, 7) is 7.88. The van der Waals surface area contributed by atoms with Crippen LogP contribution in [0, 0.1) is 0 Å². The lowest BCUT2D eigenvalue weighted by Crippen LogP contribution is -2.45. The molecule has 0 amide bonds. The Bertz CT molecular complexity index is 425. The second kappa shape index (κ2) is 6.85. The first-order valence-electron chi connectivity index (χ1n) is 7.09. The van der Waals surface area contributed by atoms with E-state index >= 15 is 0 Å². The van der Waals surface area contributed by atoms with Gasteiger partial charge in [-0.15, -0.1) is 11.6 Å². The summed E-state index contributed by atoms with van der Waals surface area (Å²) >= 11 is 8.08. The van der Waals surface area contributed by atoms with Crippen molar-refractivity contribution in [1.82, 2.24) is 4.98 Å². The lowest BCUT2D eigenvalue weighted by molar-refractivity contribution is 0.618. The maximum atomic E-state index is 6.02. The van der Waals surface area contributed by atoms with Crippen LogP contribution in [0.4, 0.5) is 5.82 Å². The van der Waals surface area contributed by atoms with Crippen LogP contribution in [0.5, 0.6) is 0 Å². The highest BCUT2D eigenvalue weighted by molar-refractivity contribution is 8.00. The van der Waals surface area contributed by atoms with Crippen molar-refractivity contribution in [2.75, 3.05) is 17.2 Å². The molecule has 0 N–H and O–H groups in total. The van der Waals surface area contributed by atoms with Gasteiger partial charge in [0.15, 0.2) is 0 Å². The van der Waals surface area contributed by atoms with Crippen LogP contribution in [0.15, 0.2) is 12.1 Å². The summed E-state index contributed by atoms with van der Waals surface area (Å²) in [5, 5.41) is 0.657. The van der Waals surface area contributed by atoms with E-state index in [1.165, 1.54) is 17.0 Å². The molecule has 4 heteroatoms. The van der Waals surface area contributed by atoms with Crippen LogP contribution in [-0.2, 0) is 12.3 Å². The minimum Gasteiger partial charge on any atom is -0.352 e. The van der Waals surface area contributed by atoms with Gasteiger partial charge in [0.2, 0.25) is 0 Å². The van der Waals surface area contributed by atoms with Gasteiger partial charge < -0.3 is 4.90 Å². The van der Waals surface area contributed by atoms with Crippen LogP contribution in [0.3, 0.4) is 0 Å². The standard InChI is InChI=1S/C15H23ClN2S/c1-4-5-14-8-13(10-16)9-15(17-14)18-6-7-19-12(3)11(18)2/h8-9,11-12H,4-7,10H2,1-3H3. The highest BCUT2D eigenvalue weighted by Crippen LogP contribution is 2.29. The first-order chi connectivity index (χ1) is 9.15. The zero-order valence-electron chi connectivity index (χ0n) is 12.0. The second-order valence-corrected chi connectivity index (χ2v) is 6.97. The Morgan fingerprint density at radius 2 is 2.21 bits per heavy atom. The summed E-state index contributed by atoms with van der Waals surface area (Å²) in [7, 11) is 0. The Hall–Kier alpha value is -0.410. The first-order valence-corrected chi connectivity index (χ1v) is 8.68. The molecule has 19 heavy (non-hydrogen) atoms. The Kier molecular flexibility index (Phi) is 5.40. The van der Waals surface area contributed by atoms with Gasteiger partial charge in [-0.25, -0.2) is 4.98 Å². The molecule has 2 nitrogen and oxygen atoms in total. The quantitative estimate of drug-likeness (QED) is 0.779. The Labute approximate surface area is 125 Å². The molecule has 0 aromatic carbocycles. The smallest absolute Gasteiger partial charge is 0.129 e. The highest BCUT2D eigenvalue weighted by Gasteiger charge is 2.26. The SMILES string of the molecule is CCCc1cc(CCl)cc(N2CCSC(C)C2C)n1. The third-order valence-electron chi connectivity index (χ3n) is 3.76. The number of hydrogen-bond donors (Lipinski definition) is 0. The fourth-order valence-electron chi connectivity index (χ4n) is 2.50. The van der Waals surface area contributed by atoms with Gasteiger partial charge in [0.05, 0.1) is 0 Å². The zero-order chi connectivity index (χ0) is 13.8. The Morgan fingerprint density at radius 1 is 1.42 bits per heavy atom. The molecule has 0 bridgehead atoms. The van der Waals surface area contributed by atoms with Crippen molar-refractivity contribution in [3.63, 3.8) is 0 Å². The molecule has 2 unspecified atom stereocenters. The van der Waals surface area contributed by atoms with Gasteiger partial charge in [0, 0.05) is 35.2 Å². The minimum absolute atomic E-state index is 0.534. The summed E-state index contributed by atoms with van der Waals surface area (Å²) in [5.41, 5.74) is 2.36. The van der Waals surface area contributed by atoms with Crippen molar-refractivity contribution in [3.8, 4) is 0 Å². The third kappa shape index (κ3) is 3.57. The number of aryl methyl sites for hydroxylation is 1. The molecule has 0 spiro atoms. The number of anilines is 1. The van der Waals surface area contributed by atoms with Gasteiger partial charge in [-0.3, -0.25) is 0 Å². The molecule has 1 saturated heterocycles. The van der Waals surface area contributed by atoms with E-state index in [1.807, 2.05) is 0 Å².